The van der Waals surface area contributed by atoms with Gasteiger partial charge in [0.1, 0.15) is 11.5 Å². The molecule has 1 aliphatic heterocycles. The van der Waals surface area contributed by atoms with E-state index in [1.54, 1.807) is 25.4 Å². The van der Waals surface area contributed by atoms with Gasteiger partial charge in [0.2, 0.25) is 5.91 Å². The summed E-state index contributed by atoms with van der Waals surface area (Å²) in [5.41, 5.74) is 2.45. The molecule has 3 aromatic rings. The summed E-state index contributed by atoms with van der Waals surface area (Å²) in [4.78, 5) is 19.2. The highest BCUT2D eigenvalue weighted by molar-refractivity contribution is 7.99. The van der Waals surface area contributed by atoms with E-state index >= 15 is 0 Å². The monoisotopic (exact) mass is 473 g/mol. The van der Waals surface area contributed by atoms with Crippen LogP contribution >= 0.6 is 11.8 Å². The predicted molar refractivity (Wildman–Crippen MR) is 123 cm³/mol. The van der Waals surface area contributed by atoms with Crippen molar-refractivity contribution < 1.29 is 23.0 Å². The highest BCUT2D eigenvalue weighted by Crippen LogP contribution is 2.32. The van der Waals surface area contributed by atoms with Crippen molar-refractivity contribution in [3.63, 3.8) is 0 Å². The number of aromatic nitrogens is 2. The average molecular weight is 474 g/mol. The summed E-state index contributed by atoms with van der Waals surface area (Å²) in [6.45, 7) is -1.28. The molecule has 4 rings (SSSR count). The second-order valence-electron chi connectivity index (χ2n) is 7.59. The molecule has 1 aliphatic rings. The van der Waals surface area contributed by atoms with Crippen molar-refractivity contribution in [3.05, 3.63) is 54.7 Å². The quantitative estimate of drug-likeness (QED) is 0.418. The number of alkyl halides is 2. The van der Waals surface area contributed by atoms with E-state index in [9.17, 15) is 13.6 Å². The number of methoxy groups -OCH3 is 1. The van der Waals surface area contributed by atoms with Gasteiger partial charge in [-0.2, -0.15) is 8.78 Å². The van der Waals surface area contributed by atoms with Gasteiger partial charge in [-0.1, -0.05) is 11.8 Å². The van der Waals surface area contributed by atoms with Crippen molar-refractivity contribution >= 4 is 17.7 Å². The molecule has 0 radical (unpaired) electrons. The standard InChI is InChI=1S/C24H25F2N3O3S/c1-31-19-9-5-17(6-10-19)21-15-27-24(33-16-22(30)28-13-3-2-4-14-28)29(21)18-7-11-20(12-8-18)32-23(25)26/h5-12,15,23H,2-4,13-14,16H2,1H3. The Morgan fingerprint density at radius 1 is 1.03 bits per heavy atom. The summed E-state index contributed by atoms with van der Waals surface area (Å²) in [5.74, 6) is 1.20. The van der Waals surface area contributed by atoms with Crippen LogP contribution in [0.25, 0.3) is 16.9 Å². The zero-order valence-corrected chi connectivity index (χ0v) is 19.1. The van der Waals surface area contributed by atoms with E-state index in [-0.39, 0.29) is 17.4 Å². The Morgan fingerprint density at radius 3 is 2.33 bits per heavy atom. The molecule has 0 spiro atoms. The normalized spacial score (nSPS) is 13.9. The minimum atomic E-state index is -2.88. The fourth-order valence-electron chi connectivity index (χ4n) is 3.79. The lowest BCUT2D eigenvalue weighted by Crippen LogP contribution is -2.36. The number of ether oxygens (including phenoxy) is 2. The number of amides is 1. The van der Waals surface area contributed by atoms with E-state index in [1.165, 1.54) is 23.9 Å². The Morgan fingerprint density at radius 2 is 1.70 bits per heavy atom. The number of hydrogen-bond donors (Lipinski definition) is 0. The van der Waals surface area contributed by atoms with Crippen LogP contribution in [0.4, 0.5) is 8.78 Å². The number of nitrogens with zero attached hydrogens (tertiary/aromatic N) is 3. The summed E-state index contributed by atoms with van der Waals surface area (Å²) in [5, 5.41) is 0.647. The van der Waals surface area contributed by atoms with Crippen LogP contribution in [-0.2, 0) is 4.79 Å². The van der Waals surface area contributed by atoms with E-state index < -0.39 is 6.61 Å². The van der Waals surface area contributed by atoms with Crippen LogP contribution in [0.3, 0.4) is 0 Å². The molecule has 6 nitrogen and oxygen atoms in total. The van der Waals surface area contributed by atoms with Gasteiger partial charge in [0.05, 0.1) is 24.8 Å². The molecule has 1 amide bonds. The number of benzene rings is 2. The Balaban J connectivity index is 1.63. The Kier molecular flexibility index (Phi) is 7.49. The maximum Gasteiger partial charge on any atom is 0.387 e. The topological polar surface area (TPSA) is 56.6 Å². The molecule has 1 saturated heterocycles. The number of halogens is 2. The van der Waals surface area contributed by atoms with Gasteiger partial charge >= 0.3 is 6.61 Å². The van der Waals surface area contributed by atoms with Crippen molar-refractivity contribution in [2.75, 3.05) is 26.0 Å². The van der Waals surface area contributed by atoms with Gasteiger partial charge in [-0.15, -0.1) is 0 Å². The zero-order chi connectivity index (χ0) is 23.2. The van der Waals surface area contributed by atoms with Crippen LogP contribution in [0.15, 0.2) is 59.9 Å². The van der Waals surface area contributed by atoms with Crippen LogP contribution in [0.1, 0.15) is 19.3 Å². The maximum absolute atomic E-state index is 12.7. The van der Waals surface area contributed by atoms with E-state index in [0.29, 0.717) is 5.16 Å². The van der Waals surface area contributed by atoms with Crippen molar-refractivity contribution in [2.45, 2.75) is 31.0 Å². The summed E-state index contributed by atoms with van der Waals surface area (Å²) in [7, 11) is 1.61. The first-order valence-corrected chi connectivity index (χ1v) is 11.7. The Hall–Kier alpha value is -3.07. The van der Waals surface area contributed by atoms with Gasteiger partial charge < -0.3 is 14.4 Å². The number of thioether (sulfide) groups is 1. The van der Waals surface area contributed by atoms with Crippen molar-refractivity contribution in [3.8, 4) is 28.4 Å². The van der Waals surface area contributed by atoms with Crippen LogP contribution in [0.5, 0.6) is 11.5 Å². The van der Waals surface area contributed by atoms with E-state index in [1.807, 2.05) is 33.7 Å². The van der Waals surface area contributed by atoms with Crippen LogP contribution in [0.2, 0.25) is 0 Å². The van der Waals surface area contributed by atoms with Crippen LogP contribution in [-0.4, -0.2) is 52.9 Å². The lowest BCUT2D eigenvalue weighted by molar-refractivity contribution is -0.129. The lowest BCUT2D eigenvalue weighted by atomic mass is 10.1. The third kappa shape index (κ3) is 5.65. The fraction of sp³-hybridized carbons (Fsp3) is 0.333. The lowest BCUT2D eigenvalue weighted by Gasteiger charge is -2.26. The maximum atomic E-state index is 12.7. The van der Waals surface area contributed by atoms with Gasteiger partial charge in [-0.3, -0.25) is 9.36 Å². The van der Waals surface area contributed by atoms with Crippen molar-refractivity contribution in [1.82, 2.24) is 14.5 Å². The van der Waals surface area contributed by atoms with Crippen molar-refractivity contribution in [1.29, 1.82) is 0 Å². The molecule has 2 aromatic carbocycles. The number of carbonyl (C=O) groups is 1. The van der Waals surface area contributed by atoms with Crippen LogP contribution < -0.4 is 9.47 Å². The molecule has 2 heterocycles. The summed E-state index contributed by atoms with van der Waals surface area (Å²) in [6, 6.07) is 13.9. The SMILES string of the molecule is COc1ccc(-c2cnc(SCC(=O)N3CCCCC3)n2-c2ccc(OC(F)F)cc2)cc1. The van der Waals surface area contributed by atoms with Gasteiger partial charge in [-0.25, -0.2) is 4.98 Å². The van der Waals surface area contributed by atoms with Crippen molar-refractivity contribution in [2.24, 2.45) is 0 Å². The minimum absolute atomic E-state index is 0.0781. The van der Waals surface area contributed by atoms with Crippen LogP contribution in [0, 0.1) is 0 Å². The molecule has 0 aliphatic carbocycles. The molecule has 33 heavy (non-hydrogen) atoms. The number of imidazole rings is 1. The van der Waals surface area contributed by atoms with E-state index in [0.717, 1.165) is 55.0 Å². The number of carbonyl (C=O) groups excluding carboxylic acids is 1. The third-order valence-electron chi connectivity index (χ3n) is 5.47. The largest absolute Gasteiger partial charge is 0.497 e. The number of likely N-dealkylation sites (tertiary alicyclic amines) is 1. The van der Waals surface area contributed by atoms with Gasteiger partial charge in [0.15, 0.2) is 5.16 Å². The molecule has 0 N–H and O–H groups in total. The van der Waals surface area contributed by atoms with Gasteiger partial charge in [0, 0.05) is 24.3 Å². The van der Waals surface area contributed by atoms with Gasteiger partial charge in [-0.05, 0) is 67.8 Å². The molecule has 9 heteroatoms. The molecular formula is C24H25F2N3O3S. The smallest absolute Gasteiger partial charge is 0.387 e. The fourth-order valence-corrected chi connectivity index (χ4v) is 4.68. The predicted octanol–water partition coefficient (Wildman–Crippen LogP) is 5.25. The second kappa shape index (κ2) is 10.7. The Bertz CT molecular complexity index is 1070. The molecule has 0 bridgehead atoms. The first-order valence-electron chi connectivity index (χ1n) is 10.7. The third-order valence-corrected chi connectivity index (χ3v) is 6.41. The summed E-state index contributed by atoms with van der Waals surface area (Å²) in [6.07, 6.45) is 5.00. The number of rotatable bonds is 8. The first kappa shape index (κ1) is 23.1. The van der Waals surface area contributed by atoms with E-state index in [2.05, 4.69) is 9.72 Å². The second-order valence-corrected chi connectivity index (χ2v) is 8.53. The molecule has 0 atom stereocenters. The highest BCUT2D eigenvalue weighted by Gasteiger charge is 2.20. The number of hydrogen-bond acceptors (Lipinski definition) is 5. The minimum Gasteiger partial charge on any atom is -0.497 e. The molecule has 1 aromatic heterocycles. The molecule has 174 valence electrons. The summed E-state index contributed by atoms with van der Waals surface area (Å²) >= 11 is 1.37. The van der Waals surface area contributed by atoms with E-state index in [4.69, 9.17) is 4.74 Å². The molecule has 0 saturated carbocycles. The molecular weight excluding hydrogens is 448 g/mol. The average Bonchev–Trinajstić information content (AvgIpc) is 3.27. The molecule has 0 unspecified atom stereocenters. The molecule has 1 fully saturated rings. The summed E-state index contributed by atoms with van der Waals surface area (Å²) < 4.78 is 36.7. The highest BCUT2D eigenvalue weighted by atomic mass is 32.2. The number of piperidine rings is 1. The zero-order valence-electron chi connectivity index (χ0n) is 18.2. The first-order chi connectivity index (χ1) is 16.0. The Labute approximate surface area is 195 Å². The van der Waals surface area contributed by atoms with Gasteiger partial charge in [0.25, 0.3) is 0 Å².